The predicted octanol–water partition coefficient (Wildman–Crippen LogP) is 5.60. The molecule has 3 aromatic rings. The monoisotopic (exact) mass is 538 g/mol. The third-order valence-corrected chi connectivity index (χ3v) is 6.88. The van der Waals surface area contributed by atoms with E-state index < -0.39 is 6.36 Å². The highest BCUT2D eigenvalue weighted by atomic mass is 19.4. The van der Waals surface area contributed by atoms with Crippen molar-refractivity contribution in [1.29, 1.82) is 0 Å². The van der Waals surface area contributed by atoms with Crippen molar-refractivity contribution < 1.29 is 27.5 Å². The molecule has 3 heterocycles. The highest BCUT2D eigenvalue weighted by molar-refractivity contribution is 6.36. The number of H-pyrrole nitrogens is 1. The second-order valence-corrected chi connectivity index (χ2v) is 9.75. The fraction of sp³-hybridized carbons (Fsp3) is 0.310. The molecule has 0 radical (unpaired) electrons. The number of aromatic nitrogens is 1. The molecular formula is C29H29F3N4O3. The Hall–Kier alpha value is -4.05. The number of aryl methyl sites for hydroxylation is 1. The van der Waals surface area contributed by atoms with Crippen LogP contribution in [0.5, 0.6) is 5.75 Å². The van der Waals surface area contributed by atoms with Gasteiger partial charge in [0.05, 0.1) is 16.8 Å². The number of halogens is 3. The van der Waals surface area contributed by atoms with Gasteiger partial charge in [0, 0.05) is 23.5 Å². The van der Waals surface area contributed by atoms with Gasteiger partial charge >= 0.3 is 6.36 Å². The topological polar surface area (TPSA) is 86.5 Å². The average Bonchev–Trinajstić information content (AvgIpc) is 3.61. The fourth-order valence-corrected chi connectivity index (χ4v) is 5.13. The highest BCUT2D eigenvalue weighted by Crippen LogP contribution is 2.41. The summed E-state index contributed by atoms with van der Waals surface area (Å²) in [7, 11) is 0. The van der Waals surface area contributed by atoms with E-state index in [4.69, 9.17) is 0 Å². The lowest BCUT2D eigenvalue weighted by atomic mass is 9.94. The van der Waals surface area contributed by atoms with Crippen LogP contribution in [0.15, 0.2) is 48.5 Å². The third-order valence-electron chi connectivity index (χ3n) is 6.88. The van der Waals surface area contributed by atoms with E-state index >= 15 is 0 Å². The van der Waals surface area contributed by atoms with Crippen molar-refractivity contribution in [2.75, 3.05) is 31.5 Å². The number of rotatable bonds is 8. The molecule has 0 saturated carbocycles. The Balaban J connectivity index is 1.39. The number of likely N-dealkylation sites (tertiary alicyclic amines) is 1. The Morgan fingerprint density at radius 1 is 1.13 bits per heavy atom. The molecule has 2 aliphatic rings. The second kappa shape index (κ2) is 11.0. The molecule has 7 nitrogen and oxygen atoms in total. The number of hydrogen-bond acceptors (Lipinski definition) is 4. The van der Waals surface area contributed by atoms with E-state index in [0.717, 1.165) is 31.7 Å². The summed E-state index contributed by atoms with van der Waals surface area (Å²) in [5.74, 6) is -0.889. The Labute approximate surface area is 224 Å². The number of amides is 2. The Bertz CT molecular complexity index is 1400. The normalized spacial score (nSPS) is 16.4. The standard InChI is InChI=1S/C29H29F3N4O3/c1-18-16-22(27(37)33-12-5-15-36-13-2-3-14-36)25(34-18)17-23-26-21(6-4-7-24(26)35-28(23)38)19-8-10-20(11-9-19)39-29(30,31)32/h4,6-11,16-17,34H,2-3,5,12-15H2,1H3,(H,33,37)(H,35,38)/b23-17-. The van der Waals surface area contributed by atoms with Crippen LogP contribution in [0.1, 0.15) is 46.6 Å². The van der Waals surface area contributed by atoms with Crippen LogP contribution in [-0.2, 0) is 4.79 Å². The first-order valence-corrected chi connectivity index (χ1v) is 12.9. The number of aromatic amines is 1. The van der Waals surface area contributed by atoms with E-state index in [1.807, 2.05) is 6.92 Å². The number of carbonyl (C=O) groups excluding carboxylic acids is 2. The number of ether oxygens (including phenoxy) is 1. The van der Waals surface area contributed by atoms with Crippen LogP contribution in [0.25, 0.3) is 22.8 Å². The molecule has 204 valence electrons. The minimum atomic E-state index is -4.78. The summed E-state index contributed by atoms with van der Waals surface area (Å²) in [5, 5.41) is 5.83. The number of nitrogens with one attached hydrogen (secondary N) is 3. The van der Waals surface area contributed by atoms with E-state index in [2.05, 4.69) is 25.3 Å². The number of fused-ring (bicyclic) bond motifs is 1. The summed E-state index contributed by atoms with van der Waals surface area (Å²) in [6.07, 6.45) is 0.176. The molecule has 39 heavy (non-hydrogen) atoms. The zero-order valence-corrected chi connectivity index (χ0v) is 21.5. The molecule has 1 fully saturated rings. The molecule has 2 amide bonds. The lowest BCUT2D eigenvalue weighted by Crippen LogP contribution is -2.28. The number of hydrogen-bond donors (Lipinski definition) is 3. The maximum Gasteiger partial charge on any atom is 0.573 e. The molecule has 10 heteroatoms. The van der Waals surface area contributed by atoms with Crippen LogP contribution in [0, 0.1) is 6.92 Å². The van der Waals surface area contributed by atoms with Crippen molar-refractivity contribution in [3.63, 3.8) is 0 Å². The molecule has 0 unspecified atom stereocenters. The minimum absolute atomic E-state index is 0.222. The third kappa shape index (κ3) is 6.17. The average molecular weight is 539 g/mol. The highest BCUT2D eigenvalue weighted by Gasteiger charge is 2.31. The van der Waals surface area contributed by atoms with Gasteiger partial charge in [0.2, 0.25) is 0 Å². The maximum atomic E-state index is 13.0. The molecule has 5 rings (SSSR count). The summed E-state index contributed by atoms with van der Waals surface area (Å²) < 4.78 is 41.7. The zero-order chi connectivity index (χ0) is 27.6. The van der Waals surface area contributed by atoms with E-state index in [-0.39, 0.29) is 17.6 Å². The number of anilines is 1. The smallest absolute Gasteiger partial charge is 0.406 e. The number of nitrogens with zero attached hydrogens (tertiary/aromatic N) is 1. The van der Waals surface area contributed by atoms with Gasteiger partial charge in [-0.05, 0) is 87.3 Å². The van der Waals surface area contributed by atoms with E-state index in [1.165, 1.54) is 37.1 Å². The van der Waals surface area contributed by atoms with Gasteiger partial charge < -0.3 is 25.3 Å². The van der Waals surface area contributed by atoms with Crippen molar-refractivity contribution in [3.05, 3.63) is 71.0 Å². The summed E-state index contributed by atoms with van der Waals surface area (Å²) in [5.41, 5.74) is 4.53. The quantitative estimate of drug-likeness (QED) is 0.258. The Morgan fingerprint density at radius 2 is 1.87 bits per heavy atom. The molecule has 2 aliphatic heterocycles. The lowest BCUT2D eigenvalue weighted by molar-refractivity contribution is -0.274. The van der Waals surface area contributed by atoms with Gasteiger partial charge in [0.1, 0.15) is 5.75 Å². The first-order chi connectivity index (χ1) is 18.7. The molecule has 0 aliphatic carbocycles. The summed E-state index contributed by atoms with van der Waals surface area (Å²) in [6, 6.07) is 12.5. The summed E-state index contributed by atoms with van der Waals surface area (Å²) >= 11 is 0. The van der Waals surface area contributed by atoms with Gasteiger partial charge in [-0.3, -0.25) is 9.59 Å². The Morgan fingerprint density at radius 3 is 2.59 bits per heavy atom. The first-order valence-electron chi connectivity index (χ1n) is 12.9. The van der Waals surface area contributed by atoms with Gasteiger partial charge in [-0.25, -0.2) is 0 Å². The SMILES string of the molecule is Cc1cc(C(=O)NCCCN2CCCC2)c(/C=C2\C(=O)Nc3cccc(-c4ccc(OC(F)(F)F)cc4)c32)[nH]1. The van der Waals surface area contributed by atoms with Gasteiger partial charge in [0.15, 0.2) is 0 Å². The number of alkyl halides is 3. The first kappa shape index (κ1) is 26.6. The van der Waals surface area contributed by atoms with E-state index in [0.29, 0.717) is 45.8 Å². The Kier molecular flexibility index (Phi) is 7.47. The predicted molar refractivity (Wildman–Crippen MR) is 143 cm³/mol. The lowest BCUT2D eigenvalue weighted by Gasteiger charge is -2.14. The van der Waals surface area contributed by atoms with Gasteiger partial charge in [-0.2, -0.15) is 0 Å². The van der Waals surface area contributed by atoms with Crippen LogP contribution < -0.4 is 15.4 Å². The van der Waals surface area contributed by atoms with Gasteiger partial charge in [-0.15, -0.1) is 13.2 Å². The van der Waals surface area contributed by atoms with Crippen LogP contribution in [0.4, 0.5) is 18.9 Å². The number of carbonyl (C=O) groups is 2. The molecule has 0 bridgehead atoms. The summed E-state index contributed by atoms with van der Waals surface area (Å²) in [6.45, 7) is 5.56. The molecule has 2 aromatic carbocycles. The van der Waals surface area contributed by atoms with Crippen LogP contribution in [0.3, 0.4) is 0 Å². The van der Waals surface area contributed by atoms with Crippen molar-refractivity contribution in [2.45, 2.75) is 32.5 Å². The van der Waals surface area contributed by atoms with Crippen LogP contribution in [-0.4, -0.2) is 54.2 Å². The van der Waals surface area contributed by atoms with Crippen molar-refractivity contribution >= 4 is 29.2 Å². The van der Waals surface area contributed by atoms with Crippen molar-refractivity contribution in [1.82, 2.24) is 15.2 Å². The van der Waals surface area contributed by atoms with E-state index in [9.17, 15) is 22.8 Å². The zero-order valence-electron chi connectivity index (χ0n) is 21.5. The minimum Gasteiger partial charge on any atom is -0.406 e. The van der Waals surface area contributed by atoms with Gasteiger partial charge in [-0.1, -0.05) is 24.3 Å². The molecule has 3 N–H and O–H groups in total. The molecule has 1 saturated heterocycles. The second-order valence-electron chi connectivity index (χ2n) is 9.75. The molecule has 0 spiro atoms. The summed E-state index contributed by atoms with van der Waals surface area (Å²) in [4.78, 5) is 31.6. The maximum absolute atomic E-state index is 13.0. The van der Waals surface area contributed by atoms with Crippen LogP contribution in [0.2, 0.25) is 0 Å². The van der Waals surface area contributed by atoms with E-state index in [1.54, 1.807) is 30.3 Å². The largest absolute Gasteiger partial charge is 0.573 e. The van der Waals surface area contributed by atoms with Crippen LogP contribution >= 0.6 is 0 Å². The number of benzene rings is 2. The molecule has 0 atom stereocenters. The molecular weight excluding hydrogens is 509 g/mol. The molecule has 1 aromatic heterocycles. The van der Waals surface area contributed by atoms with Gasteiger partial charge in [0.25, 0.3) is 11.8 Å². The van der Waals surface area contributed by atoms with Crippen molar-refractivity contribution in [3.8, 4) is 16.9 Å². The fourth-order valence-electron chi connectivity index (χ4n) is 5.13. The van der Waals surface area contributed by atoms with Crippen molar-refractivity contribution in [2.24, 2.45) is 0 Å².